The van der Waals surface area contributed by atoms with Gasteiger partial charge in [0.1, 0.15) is 6.61 Å². The smallest absolute Gasteiger partial charge is 0.435 e. The molecule has 0 fully saturated rings. The highest BCUT2D eigenvalue weighted by Crippen LogP contribution is 2.50. The van der Waals surface area contributed by atoms with Crippen LogP contribution in [0.5, 0.6) is 0 Å². The monoisotopic (exact) mass is 344 g/mol. The van der Waals surface area contributed by atoms with Crippen molar-refractivity contribution in [1.29, 1.82) is 0 Å². The molecule has 0 saturated carbocycles. The van der Waals surface area contributed by atoms with Crippen LogP contribution in [0, 0.1) is 0 Å². The first-order valence-electron chi connectivity index (χ1n) is 6.11. The number of ether oxygens (including phenoxy) is 1. The highest BCUT2D eigenvalue weighted by atomic mass is 19.4. The fraction of sp³-hybridized carbons (Fsp3) is 0.357. The zero-order chi connectivity index (χ0) is 17.9. The Hall–Kier alpha value is -2.06. The standard InChI is InChI=1S/C14H11F7O2/c1-9(12(15,13(16,17)18)14(19,20)21)7-11(22)23-8-10-5-3-2-4-6-10/h2-7H,8H2,1H3. The molecule has 0 unspecified atom stereocenters. The minimum atomic E-state index is -6.26. The van der Waals surface area contributed by atoms with Crippen LogP contribution in [0.1, 0.15) is 12.5 Å². The molecule has 1 aromatic rings. The number of rotatable bonds is 4. The molecule has 0 aliphatic heterocycles. The Morgan fingerprint density at radius 2 is 1.48 bits per heavy atom. The number of benzene rings is 1. The number of hydrogen-bond donors (Lipinski definition) is 0. The van der Waals surface area contributed by atoms with E-state index in [0.717, 1.165) is 0 Å². The zero-order valence-electron chi connectivity index (χ0n) is 11.6. The normalized spacial score (nSPS) is 13.8. The number of esters is 1. The van der Waals surface area contributed by atoms with Crippen molar-refractivity contribution in [3.05, 3.63) is 47.5 Å². The lowest BCUT2D eigenvalue weighted by Gasteiger charge is -2.30. The van der Waals surface area contributed by atoms with Crippen molar-refractivity contribution in [2.24, 2.45) is 0 Å². The SMILES string of the molecule is CC(=CC(=O)OCc1ccccc1)C(F)(C(F)(F)F)C(F)(F)F. The quantitative estimate of drug-likeness (QED) is 0.456. The summed E-state index contributed by atoms with van der Waals surface area (Å²) in [5.41, 5.74) is -7.01. The van der Waals surface area contributed by atoms with E-state index in [9.17, 15) is 35.5 Å². The fourth-order valence-corrected chi connectivity index (χ4v) is 1.65. The van der Waals surface area contributed by atoms with E-state index >= 15 is 0 Å². The molecule has 1 aromatic carbocycles. The Balaban J connectivity index is 2.94. The molecule has 2 nitrogen and oxygen atoms in total. The Kier molecular flexibility index (Phi) is 5.44. The van der Waals surface area contributed by atoms with Gasteiger partial charge < -0.3 is 4.74 Å². The number of carbonyl (C=O) groups excluding carboxylic acids is 1. The third-order valence-electron chi connectivity index (χ3n) is 2.88. The van der Waals surface area contributed by atoms with Crippen LogP contribution in [0.3, 0.4) is 0 Å². The van der Waals surface area contributed by atoms with Crippen molar-refractivity contribution < 1.29 is 40.3 Å². The molecule has 0 spiro atoms. The van der Waals surface area contributed by atoms with Crippen LogP contribution in [-0.4, -0.2) is 24.0 Å². The maximum atomic E-state index is 13.6. The lowest BCUT2D eigenvalue weighted by Crippen LogP contribution is -2.54. The maximum absolute atomic E-state index is 13.6. The van der Waals surface area contributed by atoms with E-state index in [-0.39, 0.29) is 19.6 Å². The summed E-state index contributed by atoms with van der Waals surface area (Å²) in [6.45, 7) is -0.147. The molecule has 9 heteroatoms. The van der Waals surface area contributed by atoms with Crippen LogP contribution in [0.25, 0.3) is 0 Å². The third-order valence-corrected chi connectivity index (χ3v) is 2.88. The summed E-state index contributed by atoms with van der Waals surface area (Å²) in [4.78, 5) is 11.3. The second-order valence-corrected chi connectivity index (χ2v) is 4.57. The van der Waals surface area contributed by atoms with Crippen LogP contribution in [-0.2, 0) is 16.1 Å². The van der Waals surface area contributed by atoms with Crippen LogP contribution >= 0.6 is 0 Å². The van der Waals surface area contributed by atoms with Gasteiger partial charge in [0.25, 0.3) is 0 Å². The number of halogens is 7. The number of alkyl halides is 7. The van der Waals surface area contributed by atoms with Gasteiger partial charge in [-0.15, -0.1) is 0 Å². The van der Waals surface area contributed by atoms with Gasteiger partial charge in [-0.25, -0.2) is 9.18 Å². The predicted octanol–water partition coefficient (Wildman–Crippen LogP) is 4.51. The molecule has 0 aliphatic rings. The summed E-state index contributed by atoms with van der Waals surface area (Å²) in [6, 6.07) is 7.87. The summed E-state index contributed by atoms with van der Waals surface area (Å²) in [5.74, 6) is -1.51. The molecule has 23 heavy (non-hydrogen) atoms. The van der Waals surface area contributed by atoms with Crippen molar-refractivity contribution in [3.63, 3.8) is 0 Å². The van der Waals surface area contributed by atoms with E-state index in [2.05, 4.69) is 4.74 Å². The van der Waals surface area contributed by atoms with Crippen LogP contribution in [0.15, 0.2) is 42.0 Å². The molecule has 0 radical (unpaired) electrons. The Morgan fingerprint density at radius 1 is 1.00 bits per heavy atom. The molecule has 0 N–H and O–H groups in total. The summed E-state index contributed by atoms with van der Waals surface area (Å²) in [7, 11) is 0. The van der Waals surface area contributed by atoms with Crippen LogP contribution in [0.2, 0.25) is 0 Å². The van der Waals surface area contributed by atoms with Gasteiger partial charge in [-0.1, -0.05) is 30.3 Å². The van der Waals surface area contributed by atoms with E-state index in [1.165, 1.54) is 12.1 Å². The molecule has 1 rings (SSSR count). The van der Waals surface area contributed by atoms with Gasteiger partial charge in [0.2, 0.25) is 0 Å². The topological polar surface area (TPSA) is 26.3 Å². The fourth-order valence-electron chi connectivity index (χ4n) is 1.65. The van der Waals surface area contributed by atoms with E-state index in [1.54, 1.807) is 18.2 Å². The minimum absolute atomic E-state index is 0.149. The van der Waals surface area contributed by atoms with Gasteiger partial charge >= 0.3 is 24.0 Å². The molecule has 128 valence electrons. The first kappa shape index (κ1) is 19.0. The van der Waals surface area contributed by atoms with Gasteiger partial charge in [0.05, 0.1) is 0 Å². The zero-order valence-corrected chi connectivity index (χ0v) is 11.6. The molecule has 0 aromatic heterocycles. The van der Waals surface area contributed by atoms with Gasteiger partial charge in [-0.3, -0.25) is 0 Å². The largest absolute Gasteiger partial charge is 0.458 e. The summed E-state index contributed by atoms with van der Waals surface area (Å²) < 4.78 is 92.9. The molecule has 0 aliphatic carbocycles. The Bertz CT molecular complexity index is 559. The average Bonchev–Trinajstić information content (AvgIpc) is 2.42. The number of hydrogen-bond acceptors (Lipinski definition) is 2. The van der Waals surface area contributed by atoms with E-state index < -0.39 is 29.6 Å². The minimum Gasteiger partial charge on any atom is -0.458 e. The van der Waals surface area contributed by atoms with Crippen molar-refractivity contribution in [2.45, 2.75) is 31.6 Å². The lowest BCUT2D eigenvalue weighted by molar-refractivity contribution is -0.326. The van der Waals surface area contributed by atoms with Crippen molar-refractivity contribution in [3.8, 4) is 0 Å². The number of allylic oxidation sites excluding steroid dienone is 1. The third kappa shape index (κ3) is 4.23. The average molecular weight is 344 g/mol. The summed E-state index contributed by atoms with van der Waals surface area (Å²) >= 11 is 0. The van der Waals surface area contributed by atoms with E-state index in [4.69, 9.17) is 0 Å². The summed E-state index contributed by atoms with van der Waals surface area (Å²) in [5, 5.41) is 0. The van der Waals surface area contributed by atoms with Gasteiger partial charge in [0, 0.05) is 6.08 Å². The molecular formula is C14H11F7O2. The van der Waals surface area contributed by atoms with Crippen LogP contribution < -0.4 is 0 Å². The molecule has 0 heterocycles. The van der Waals surface area contributed by atoms with Gasteiger partial charge in [-0.2, -0.15) is 26.3 Å². The highest BCUT2D eigenvalue weighted by Gasteiger charge is 2.73. The van der Waals surface area contributed by atoms with Crippen molar-refractivity contribution >= 4 is 5.97 Å². The Morgan fingerprint density at radius 3 is 1.91 bits per heavy atom. The van der Waals surface area contributed by atoms with Gasteiger partial charge in [-0.05, 0) is 18.1 Å². The van der Waals surface area contributed by atoms with Gasteiger partial charge in [0.15, 0.2) is 0 Å². The van der Waals surface area contributed by atoms with Crippen molar-refractivity contribution in [1.82, 2.24) is 0 Å². The summed E-state index contributed by atoms with van der Waals surface area (Å²) in [6.07, 6.45) is -12.7. The second kappa shape index (κ2) is 6.59. The molecule has 0 saturated heterocycles. The molecule has 0 bridgehead atoms. The predicted molar refractivity (Wildman–Crippen MR) is 65.9 cm³/mol. The molecule has 0 amide bonds. The first-order chi connectivity index (χ1) is 10.4. The van der Waals surface area contributed by atoms with Crippen LogP contribution in [0.4, 0.5) is 30.7 Å². The maximum Gasteiger partial charge on any atom is 0.435 e. The van der Waals surface area contributed by atoms with E-state index in [1.807, 2.05) is 0 Å². The number of carbonyl (C=O) groups is 1. The lowest BCUT2D eigenvalue weighted by atomic mass is 9.95. The highest BCUT2D eigenvalue weighted by molar-refractivity contribution is 5.83. The molecular weight excluding hydrogens is 333 g/mol. The first-order valence-corrected chi connectivity index (χ1v) is 6.11. The molecule has 0 atom stereocenters. The second-order valence-electron chi connectivity index (χ2n) is 4.57. The van der Waals surface area contributed by atoms with Crippen molar-refractivity contribution in [2.75, 3.05) is 0 Å². The Labute approximate surface area is 126 Å². The van der Waals surface area contributed by atoms with E-state index in [0.29, 0.717) is 5.56 Å².